The zero-order valence-electron chi connectivity index (χ0n) is 15.5. The highest BCUT2D eigenvalue weighted by Crippen LogP contribution is 2.24. The zero-order chi connectivity index (χ0) is 20.9. The fourth-order valence-corrected chi connectivity index (χ4v) is 3.24. The molecule has 1 N–H and O–H groups in total. The van der Waals surface area contributed by atoms with E-state index in [0.717, 1.165) is 28.0 Å². The first-order valence-corrected chi connectivity index (χ1v) is 9.16. The van der Waals surface area contributed by atoms with E-state index in [4.69, 9.17) is 4.74 Å². The lowest BCUT2D eigenvalue weighted by Gasteiger charge is -2.13. The first-order chi connectivity index (χ1) is 13.1. The number of ether oxygens (including phenoxy) is 1. The van der Waals surface area contributed by atoms with E-state index >= 15 is 0 Å². The van der Waals surface area contributed by atoms with E-state index in [-0.39, 0.29) is 4.88 Å². The number of aryl methyl sites for hydroxylation is 3. The number of thiophene rings is 1. The molecule has 0 aliphatic heterocycles. The van der Waals surface area contributed by atoms with E-state index in [1.165, 1.54) is 6.07 Å². The third-order valence-corrected chi connectivity index (χ3v) is 4.63. The average Bonchev–Trinajstić information content (AvgIpc) is 3.11. The van der Waals surface area contributed by atoms with Gasteiger partial charge in [-0.2, -0.15) is 18.3 Å². The van der Waals surface area contributed by atoms with Crippen molar-refractivity contribution in [2.45, 2.75) is 33.4 Å². The van der Waals surface area contributed by atoms with Gasteiger partial charge in [0.2, 0.25) is 0 Å². The molecule has 0 aliphatic carbocycles. The number of alkyl halides is 3. The number of carbonyl (C=O) groups excluding carboxylic acids is 2. The summed E-state index contributed by atoms with van der Waals surface area (Å²) in [7, 11) is 0. The molecule has 9 heteroatoms. The Morgan fingerprint density at radius 3 is 2.36 bits per heavy atom. The number of Topliss-reactive ketones (excluding diaryl/α,β-unsaturated/α-hetero) is 1. The van der Waals surface area contributed by atoms with Gasteiger partial charge in [0.1, 0.15) is 11.5 Å². The van der Waals surface area contributed by atoms with Gasteiger partial charge in [0.05, 0.1) is 11.3 Å². The molecular weight excluding hydrogens is 393 g/mol. The molecule has 0 unspecified atom stereocenters. The maximum absolute atomic E-state index is 13.1. The van der Waals surface area contributed by atoms with Crippen molar-refractivity contribution in [3.8, 4) is 5.75 Å². The summed E-state index contributed by atoms with van der Waals surface area (Å²) in [6, 6.07) is 6.74. The highest BCUT2D eigenvalue weighted by atomic mass is 32.1. The van der Waals surface area contributed by atoms with Crippen molar-refractivity contribution >= 4 is 28.7 Å². The van der Waals surface area contributed by atoms with Gasteiger partial charge in [-0.3, -0.25) is 9.59 Å². The predicted molar refractivity (Wildman–Crippen MR) is 101 cm³/mol. The minimum absolute atomic E-state index is 0.192. The van der Waals surface area contributed by atoms with Crippen LogP contribution < -0.4 is 10.2 Å². The van der Waals surface area contributed by atoms with Gasteiger partial charge >= 0.3 is 6.18 Å². The summed E-state index contributed by atoms with van der Waals surface area (Å²) in [4.78, 5) is 24.0. The summed E-state index contributed by atoms with van der Waals surface area (Å²) in [5, 5.41) is 4.70. The lowest BCUT2D eigenvalue weighted by molar-refractivity contribution is -0.123. The number of nitrogens with zero attached hydrogens (tertiary/aromatic N) is 1. The number of hydrogen-bond acceptors (Lipinski definition) is 5. The monoisotopic (exact) mass is 412 g/mol. The number of halogens is 3. The average molecular weight is 412 g/mol. The zero-order valence-corrected chi connectivity index (χ0v) is 16.3. The van der Waals surface area contributed by atoms with Gasteiger partial charge in [-0.15, -0.1) is 11.3 Å². The Morgan fingerprint density at radius 2 is 1.82 bits per heavy atom. The van der Waals surface area contributed by atoms with E-state index in [2.05, 4.69) is 5.10 Å². The lowest BCUT2D eigenvalue weighted by Crippen LogP contribution is -2.32. The molecule has 1 amide bonds. The Labute approximate surface area is 164 Å². The van der Waals surface area contributed by atoms with Gasteiger partial charge in [-0.05, 0) is 43.3 Å². The van der Waals surface area contributed by atoms with Gasteiger partial charge in [0.15, 0.2) is 12.4 Å². The second-order valence-electron chi connectivity index (χ2n) is 6.19. The van der Waals surface area contributed by atoms with Crippen LogP contribution in [0.1, 0.15) is 32.8 Å². The molecule has 1 aromatic heterocycles. The molecule has 2 rings (SSSR count). The first-order valence-electron chi connectivity index (χ1n) is 8.28. The number of carbonyl (C=O) groups is 2. The van der Waals surface area contributed by atoms with Crippen molar-refractivity contribution in [1.29, 1.82) is 0 Å². The molecule has 0 saturated carbocycles. The summed E-state index contributed by atoms with van der Waals surface area (Å²) >= 11 is 1.04. The van der Waals surface area contributed by atoms with Crippen LogP contribution in [0.2, 0.25) is 0 Å². The van der Waals surface area contributed by atoms with Crippen molar-refractivity contribution in [2.75, 3.05) is 6.61 Å². The Hall–Kier alpha value is -2.68. The molecule has 0 aliphatic rings. The third kappa shape index (κ3) is 5.91. The molecule has 28 heavy (non-hydrogen) atoms. The molecule has 5 nitrogen and oxygen atoms in total. The summed E-state index contributed by atoms with van der Waals surface area (Å²) < 4.78 is 44.7. The van der Waals surface area contributed by atoms with E-state index in [1.807, 2.05) is 38.3 Å². The van der Waals surface area contributed by atoms with E-state index in [1.54, 1.807) is 11.4 Å². The summed E-state index contributed by atoms with van der Waals surface area (Å²) in [6.45, 7) is 5.03. The smallest absolute Gasteiger partial charge is 0.431 e. The van der Waals surface area contributed by atoms with Gasteiger partial charge in [-0.25, -0.2) is 5.43 Å². The number of amides is 1. The Kier molecular flexibility index (Phi) is 6.95. The first kappa shape index (κ1) is 21.6. The topological polar surface area (TPSA) is 67.8 Å². The highest BCUT2D eigenvalue weighted by Gasteiger charge is 2.37. The second-order valence-corrected chi connectivity index (χ2v) is 7.13. The molecular formula is C19H19F3N2O3S. The van der Waals surface area contributed by atoms with Gasteiger partial charge in [0, 0.05) is 0 Å². The molecule has 0 fully saturated rings. The third-order valence-electron chi connectivity index (χ3n) is 3.72. The van der Waals surface area contributed by atoms with Gasteiger partial charge in [0.25, 0.3) is 5.91 Å². The SMILES string of the molecule is Cc1cc(C)c(OCC(=O)N/N=C(\CC(=O)c2cccs2)C(F)(F)F)c(C)c1. The van der Waals surface area contributed by atoms with Crippen LogP contribution in [0.3, 0.4) is 0 Å². The lowest BCUT2D eigenvalue weighted by atomic mass is 10.1. The number of benzene rings is 1. The molecule has 0 saturated heterocycles. The summed E-state index contributed by atoms with van der Waals surface area (Å²) in [5.41, 5.74) is 3.09. The van der Waals surface area contributed by atoms with Crippen molar-refractivity contribution in [3.05, 3.63) is 51.2 Å². The van der Waals surface area contributed by atoms with Crippen molar-refractivity contribution in [2.24, 2.45) is 5.10 Å². The number of ketones is 1. The summed E-state index contributed by atoms with van der Waals surface area (Å²) in [6.07, 6.45) is -5.80. The number of hydrogen-bond donors (Lipinski definition) is 1. The molecule has 0 spiro atoms. The molecule has 1 aromatic carbocycles. The van der Waals surface area contributed by atoms with Crippen LogP contribution in [-0.2, 0) is 4.79 Å². The standard InChI is InChI=1S/C19H19F3N2O3S/c1-11-7-12(2)18(13(3)8-11)27-10-17(26)24-23-16(19(20,21)22)9-14(25)15-5-4-6-28-15/h4-8H,9-10H2,1-3H3,(H,24,26)/b23-16+. The molecule has 2 aromatic rings. The maximum Gasteiger partial charge on any atom is 0.431 e. The minimum atomic E-state index is -4.84. The molecule has 1 heterocycles. The summed E-state index contributed by atoms with van der Waals surface area (Å²) in [5.74, 6) is -1.08. The second kappa shape index (κ2) is 9.01. The normalized spacial score (nSPS) is 12.0. The van der Waals surface area contributed by atoms with Crippen LogP contribution in [-0.4, -0.2) is 30.2 Å². The number of nitrogens with one attached hydrogen (secondary N) is 1. The molecule has 0 radical (unpaired) electrons. The van der Waals surface area contributed by atoms with Crippen molar-refractivity contribution in [3.63, 3.8) is 0 Å². The number of hydrazone groups is 1. The van der Waals surface area contributed by atoms with Crippen molar-refractivity contribution in [1.82, 2.24) is 5.43 Å². The highest BCUT2D eigenvalue weighted by molar-refractivity contribution is 7.12. The molecule has 150 valence electrons. The van der Waals surface area contributed by atoms with Crippen LogP contribution in [0.5, 0.6) is 5.75 Å². The van der Waals surface area contributed by atoms with E-state index in [9.17, 15) is 22.8 Å². The van der Waals surface area contributed by atoms with Gasteiger partial charge in [-0.1, -0.05) is 23.8 Å². The Balaban J connectivity index is 2.02. The van der Waals surface area contributed by atoms with Crippen LogP contribution >= 0.6 is 11.3 Å². The molecule has 0 atom stereocenters. The maximum atomic E-state index is 13.1. The van der Waals surface area contributed by atoms with Gasteiger partial charge < -0.3 is 4.74 Å². The Bertz CT molecular complexity index is 867. The van der Waals surface area contributed by atoms with E-state index < -0.39 is 36.6 Å². The van der Waals surface area contributed by atoms with E-state index in [0.29, 0.717) is 5.75 Å². The Morgan fingerprint density at radius 1 is 1.18 bits per heavy atom. The minimum Gasteiger partial charge on any atom is -0.483 e. The van der Waals surface area contributed by atoms with Crippen molar-refractivity contribution < 1.29 is 27.5 Å². The van der Waals surface area contributed by atoms with Crippen LogP contribution in [0, 0.1) is 20.8 Å². The quantitative estimate of drug-likeness (QED) is 0.417. The fourth-order valence-electron chi connectivity index (χ4n) is 2.57. The van der Waals surface area contributed by atoms with Crippen LogP contribution in [0.4, 0.5) is 13.2 Å². The largest absolute Gasteiger partial charge is 0.483 e. The molecule has 0 bridgehead atoms. The van der Waals surface area contributed by atoms with Crippen LogP contribution in [0.15, 0.2) is 34.7 Å². The van der Waals surface area contributed by atoms with Crippen LogP contribution in [0.25, 0.3) is 0 Å². The fraction of sp³-hybridized carbons (Fsp3) is 0.316. The predicted octanol–water partition coefficient (Wildman–Crippen LogP) is 4.36. The number of rotatable bonds is 7.